The van der Waals surface area contributed by atoms with Crippen LogP contribution < -0.4 is 10.5 Å². The smallest absolute Gasteiger partial charge is 0.241 e. The molecule has 0 saturated heterocycles. The quantitative estimate of drug-likeness (QED) is 0.839. The van der Waals surface area contributed by atoms with E-state index >= 15 is 0 Å². The first kappa shape index (κ1) is 13.6. The lowest BCUT2D eigenvalue weighted by Crippen LogP contribution is -2.50. The third-order valence-electron chi connectivity index (χ3n) is 3.42. The maximum Gasteiger partial charge on any atom is 0.241 e. The molecule has 18 heavy (non-hydrogen) atoms. The van der Waals surface area contributed by atoms with Gasteiger partial charge in [0, 0.05) is 5.54 Å². The van der Waals surface area contributed by atoms with Gasteiger partial charge in [-0.15, -0.1) is 0 Å². The molecule has 0 radical (unpaired) electrons. The lowest BCUT2D eigenvalue weighted by atomic mass is 9.80. The van der Waals surface area contributed by atoms with Crippen LogP contribution in [0, 0.1) is 6.92 Å². The second-order valence-corrected chi connectivity index (χ2v) is 7.22. The molecule has 100 valence electrons. The largest absolute Gasteiger partial charge is 0.397 e. The van der Waals surface area contributed by atoms with Gasteiger partial charge in [-0.1, -0.05) is 11.6 Å². The number of sulfonamides is 1. The summed E-state index contributed by atoms with van der Waals surface area (Å²) >= 11 is 5.87. The Labute approximate surface area is 113 Å². The van der Waals surface area contributed by atoms with E-state index < -0.39 is 10.0 Å². The molecule has 1 fully saturated rings. The summed E-state index contributed by atoms with van der Waals surface area (Å²) in [4.78, 5) is 0.206. The van der Waals surface area contributed by atoms with Gasteiger partial charge in [0.2, 0.25) is 10.0 Å². The van der Waals surface area contributed by atoms with Crippen LogP contribution in [0.2, 0.25) is 5.02 Å². The minimum Gasteiger partial charge on any atom is -0.397 e. The molecule has 0 spiro atoms. The fourth-order valence-electron chi connectivity index (χ4n) is 2.15. The van der Waals surface area contributed by atoms with Crippen molar-refractivity contribution in [1.82, 2.24) is 4.72 Å². The average molecular weight is 289 g/mol. The van der Waals surface area contributed by atoms with Crippen molar-refractivity contribution in [2.24, 2.45) is 0 Å². The van der Waals surface area contributed by atoms with Gasteiger partial charge in [0.25, 0.3) is 0 Å². The fourth-order valence-corrected chi connectivity index (χ4v) is 4.09. The molecule has 0 aliphatic heterocycles. The van der Waals surface area contributed by atoms with Gasteiger partial charge in [0.15, 0.2) is 0 Å². The predicted octanol–water partition coefficient (Wildman–Crippen LogP) is 2.45. The number of hydrogen-bond donors (Lipinski definition) is 2. The fraction of sp³-hybridized carbons (Fsp3) is 0.500. The van der Waals surface area contributed by atoms with E-state index in [4.69, 9.17) is 17.3 Å². The molecule has 2 rings (SSSR count). The van der Waals surface area contributed by atoms with E-state index in [1.807, 2.05) is 6.92 Å². The van der Waals surface area contributed by atoms with Crippen molar-refractivity contribution in [3.05, 3.63) is 22.7 Å². The maximum absolute atomic E-state index is 12.3. The zero-order chi connectivity index (χ0) is 13.6. The lowest BCUT2D eigenvalue weighted by Gasteiger charge is -2.38. The molecule has 1 aromatic rings. The normalized spacial score (nSPS) is 18.4. The van der Waals surface area contributed by atoms with E-state index in [9.17, 15) is 8.42 Å². The highest BCUT2D eigenvalue weighted by molar-refractivity contribution is 7.89. The minimum absolute atomic E-state index is 0.206. The summed E-state index contributed by atoms with van der Waals surface area (Å²) in [6, 6.07) is 3.00. The molecule has 1 saturated carbocycles. The van der Waals surface area contributed by atoms with Crippen LogP contribution in [0.4, 0.5) is 5.69 Å². The number of nitrogens with two attached hydrogens (primary N) is 1. The monoisotopic (exact) mass is 288 g/mol. The number of aryl methyl sites for hydroxylation is 1. The number of nitrogen functional groups attached to an aromatic ring is 1. The molecule has 6 heteroatoms. The summed E-state index contributed by atoms with van der Waals surface area (Å²) in [6.45, 7) is 3.63. The van der Waals surface area contributed by atoms with Gasteiger partial charge in [-0.2, -0.15) is 0 Å². The van der Waals surface area contributed by atoms with Crippen molar-refractivity contribution in [2.45, 2.75) is 43.5 Å². The molecule has 1 aliphatic rings. The lowest BCUT2D eigenvalue weighted by molar-refractivity contribution is 0.248. The Morgan fingerprint density at radius 3 is 2.50 bits per heavy atom. The van der Waals surface area contributed by atoms with E-state index in [2.05, 4.69) is 4.72 Å². The summed E-state index contributed by atoms with van der Waals surface area (Å²) in [5.41, 5.74) is 6.23. The van der Waals surface area contributed by atoms with Crippen molar-refractivity contribution < 1.29 is 8.42 Å². The van der Waals surface area contributed by atoms with Crippen molar-refractivity contribution in [3.63, 3.8) is 0 Å². The standard InChI is InChI=1S/C12H17ClN2O2S/c1-8-6-9(13)10(14)7-11(8)18(16,17)15-12(2)4-3-5-12/h6-7,15H,3-5,14H2,1-2H3. The molecule has 1 aromatic carbocycles. The second kappa shape index (κ2) is 4.40. The molecule has 0 amide bonds. The predicted molar refractivity (Wildman–Crippen MR) is 73.2 cm³/mol. The van der Waals surface area contributed by atoms with E-state index in [-0.39, 0.29) is 16.1 Å². The van der Waals surface area contributed by atoms with E-state index in [1.54, 1.807) is 13.0 Å². The molecule has 0 unspecified atom stereocenters. The van der Waals surface area contributed by atoms with Crippen molar-refractivity contribution >= 4 is 27.3 Å². The number of nitrogens with one attached hydrogen (secondary N) is 1. The number of benzene rings is 1. The van der Waals surface area contributed by atoms with Crippen LogP contribution >= 0.6 is 11.6 Å². The maximum atomic E-state index is 12.3. The summed E-state index contributed by atoms with van der Waals surface area (Å²) in [5.74, 6) is 0. The van der Waals surface area contributed by atoms with Crippen LogP contribution in [0.5, 0.6) is 0 Å². The van der Waals surface area contributed by atoms with E-state index in [1.165, 1.54) is 6.07 Å². The first-order valence-electron chi connectivity index (χ1n) is 5.83. The van der Waals surface area contributed by atoms with Crippen LogP contribution in [0.1, 0.15) is 31.7 Å². The van der Waals surface area contributed by atoms with Crippen LogP contribution in [-0.4, -0.2) is 14.0 Å². The van der Waals surface area contributed by atoms with Crippen LogP contribution in [0.15, 0.2) is 17.0 Å². The first-order chi connectivity index (χ1) is 8.23. The van der Waals surface area contributed by atoms with Gasteiger partial charge in [-0.05, 0) is 50.8 Å². The SMILES string of the molecule is Cc1cc(Cl)c(N)cc1S(=O)(=O)NC1(C)CCC1. The Bertz CT molecular complexity index is 580. The van der Waals surface area contributed by atoms with Crippen LogP contribution in [0.3, 0.4) is 0 Å². The van der Waals surface area contributed by atoms with Gasteiger partial charge in [0.05, 0.1) is 15.6 Å². The Hall–Kier alpha value is -0.780. The highest BCUT2D eigenvalue weighted by Gasteiger charge is 2.36. The molecule has 0 atom stereocenters. The number of hydrogen-bond acceptors (Lipinski definition) is 3. The molecule has 0 heterocycles. The van der Waals surface area contributed by atoms with E-state index in [0.29, 0.717) is 10.6 Å². The zero-order valence-corrected chi connectivity index (χ0v) is 12.0. The highest BCUT2D eigenvalue weighted by atomic mass is 35.5. The Morgan fingerprint density at radius 2 is 2.00 bits per heavy atom. The molecular formula is C12H17ClN2O2S. The topological polar surface area (TPSA) is 72.2 Å². The van der Waals surface area contributed by atoms with Crippen molar-refractivity contribution in [2.75, 3.05) is 5.73 Å². The summed E-state index contributed by atoms with van der Waals surface area (Å²) in [7, 11) is -3.54. The number of anilines is 1. The number of rotatable bonds is 3. The average Bonchev–Trinajstić information content (AvgIpc) is 2.20. The van der Waals surface area contributed by atoms with Crippen molar-refractivity contribution in [1.29, 1.82) is 0 Å². The molecule has 3 N–H and O–H groups in total. The van der Waals surface area contributed by atoms with E-state index in [0.717, 1.165) is 19.3 Å². The Kier molecular flexibility index (Phi) is 3.34. The highest BCUT2D eigenvalue weighted by Crippen LogP contribution is 2.34. The van der Waals surface area contributed by atoms with Crippen molar-refractivity contribution in [3.8, 4) is 0 Å². The Morgan fingerprint density at radius 1 is 1.39 bits per heavy atom. The second-order valence-electron chi connectivity index (χ2n) is 5.16. The van der Waals surface area contributed by atoms with Crippen LogP contribution in [0.25, 0.3) is 0 Å². The third kappa shape index (κ3) is 2.48. The molecule has 4 nitrogen and oxygen atoms in total. The van der Waals surface area contributed by atoms with Gasteiger partial charge >= 0.3 is 0 Å². The molecule has 0 aromatic heterocycles. The third-order valence-corrected chi connectivity index (χ3v) is 5.53. The summed E-state index contributed by atoms with van der Waals surface area (Å²) < 4.78 is 27.4. The Balaban J connectivity index is 2.38. The van der Waals surface area contributed by atoms with Crippen LogP contribution in [-0.2, 0) is 10.0 Å². The summed E-state index contributed by atoms with van der Waals surface area (Å²) in [6.07, 6.45) is 2.80. The van der Waals surface area contributed by atoms with Gasteiger partial charge < -0.3 is 5.73 Å². The van der Waals surface area contributed by atoms with Gasteiger partial charge in [-0.25, -0.2) is 13.1 Å². The van der Waals surface area contributed by atoms with Gasteiger partial charge in [-0.3, -0.25) is 0 Å². The number of halogens is 1. The van der Waals surface area contributed by atoms with Gasteiger partial charge in [0.1, 0.15) is 0 Å². The first-order valence-corrected chi connectivity index (χ1v) is 7.69. The molecule has 1 aliphatic carbocycles. The summed E-state index contributed by atoms with van der Waals surface area (Å²) in [5, 5.41) is 0.376. The minimum atomic E-state index is -3.54. The zero-order valence-electron chi connectivity index (χ0n) is 10.5. The molecular weight excluding hydrogens is 272 g/mol. The molecule has 0 bridgehead atoms.